The first-order valence-corrected chi connectivity index (χ1v) is 7.56. The number of benzene rings is 3. The molecule has 0 unspecified atom stereocenters. The highest BCUT2D eigenvalue weighted by molar-refractivity contribution is 6.06. The number of ether oxygens (including phenoxy) is 1. The second-order valence-corrected chi connectivity index (χ2v) is 5.41. The van der Waals surface area contributed by atoms with E-state index in [-0.39, 0.29) is 17.2 Å². The third-order valence-corrected chi connectivity index (χ3v) is 3.52. The Morgan fingerprint density at radius 2 is 1.46 bits per heavy atom. The Morgan fingerprint density at radius 1 is 0.875 bits per heavy atom. The van der Waals surface area contributed by atoms with E-state index in [0.29, 0.717) is 11.4 Å². The van der Waals surface area contributed by atoms with Crippen LogP contribution in [0.3, 0.4) is 0 Å². The molecule has 120 valence electrons. The van der Waals surface area contributed by atoms with Crippen molar-refractivity contribution in [2.75, 3.05) is 5.32 Å². The van der Waals surface area contributed by atoms with E-state index in [1.165, 1.54) is 11.6 Å². The number of carbonyl (C=O) groups excluding carboxylic acids is 1. The number of hydrogen-bond acceptors (Lipinski definition) is 3. The van der Waals surface area contributed by atoms with Gasteiger partial charge in [0.25, 0.3) is 5.91 Å². The summed E-state index contributed by atoms with van der Waals surface area (Å²) in [7, 11) is 0. The second-order valence-electron chi connectivity index (χ2n) is 5.41. The van der Waals surface area contributed by atoms with Gasteiger partial charge in [-0.2, -0.15) is 0 Å². The van der Waals surface area contributed by atoms with Crippen LogP contribution in [0.25, 0.3) is 0 Å². The van der Waals surface area contributed by atoms with Gasteiger partial charge in [0, 0.05) is 5.69 Å². The quantitative estimate of drug-likeness (QED) is 0.730. The van der Waals surface area contributed by atoms with Crippen molar-refractivity contribution in [2.24, 2.45) is 0 Å². The summed E-state index contributed by atoms with van der Waals surface area (Å²) < 4.78 is 5.74. The molecule has 4 heteroatoms. The topological polar surface area (TPSA) is 58.6 Å². The smallest absolute Gasteiger partial charge is 0.259 e. The van der Waals surface area contributed by atoms with E-state index in [1.54, 1.807) is 42.5 Å². The van der Waals surface area contributed by atoms with Crippen LogP contribution in [-0.2, 0) is 0 Å². The summed E-state index contributed by atoms with van der Waals surface area (Å²) in [6.07, 6.45) is 0. The summed E-state index contributed by atoms with van der Waals surface area (Å²) >= 11 is 0. The lowest BCUT2D eigenvalue weighted by atomic mass is 10.2. The van der Waals surface area contributed by atoms with Crippen LogP contribution >= 0.6 is 0 Å². The maximum absolute atomic E-state index is 12.1. The van der Waals surface area contributed by atoms with Crippen molar-refractivity contribution in [1.82, 2.24) is 0 Å². The zero-order valence-corrected chi connectivity index (χ0v) is 13.2. The summed E-state index contributed by atoms with van der Waals surface area (Å²) in [5, 5.41) is 12.4. The third kappa shape index (κ3) is 3.73. The number of anilines is 1. The van der Waals surface area contributed by atoms with Crippen LogP contribution in [0.15, 0.2) is 72.8 Å². The molecule has 3 aromatic carbocycles. The molecule has 0 atom stereocenters. The van der Waals surface area contributed by atoms with Crippen molar-refractivity contribution < 1.29 is 14.6 Å². The van der Waals surface area contributed by atoms with Gasteiger partial charge in [-0.05, 0) is 55.5 Å². The van der Waals surface area contributed by atoms with Gasteiger partial charge in [0.05, 0.1) is 5.56 Å². The highest BCUT2D eigenvalue weighted by Crippen LogP contribution is 2.24. The van der Waals surface area contributed by atoms with E-state index in [9.17, 15) is 9.90 Å². The van der Waals surface area contributed by atoms with E-state index in [1.807, 2.05) is 31.2 Å². The fourth-order valence-electron chi connectivity index (χ4n) is 2.21. The zero-order chi connectivity index (χ0) is 16.9. The minimum atomic E-state index is -0.361. The molecule has 24 heavy (non-hydrogen) atoms. The molecule has 3 rings (SSSR count). The van der Waals surface area contributed by atoms with Crippen LogP contribution in [0.1, 0.15) is 15.9 Å². The largest absolute Gasteiger partial charge is 0.507 e. The van der Waals surface area contributed by atoms with Crippen LogP contribution in [0.2, 0.25) is 0 Å². The van der Waals surface area contributed by atoms with Crippen LogP contribution in [0.4, 0.5) is 5.69 Å². The Bertz CT molecular complexity index is 840. The fraction of sp³-hybridized carbons (Fsp3) is 0.0500. The number of para-hydroxylation sites is 1. The normalized spacial score (nSPS) is 10.2. The molecule has 0 aliphatic carbocycles. The summed E-state index contributed by atoms with van der Waals surface area (Å²) in [6.45, 7) is 2.02. The van der Waals surface area contributed by atoms with Crippen molar-refractivity contribution in [1.29, 1.82) is 0 Å². The molecule has 0 aliphatic rings. The molecule has 0 bridgehead atoms. The minimum Gasteiger partial charge on any atom is -0.507 e. The minimum absolute atomic E-state index is 0.0469. The van der Waals surface area contributed by atoms with Crippen molar-refractivity contribution in [2.45, 2.75) is 6.92 Å². The summed E-state index contributed by atoms with van der Waals surface area (Å²) in [6, 6.07) is 21.3. The van der Waals surface area contributed by atoms with Gasteiger partial charge >= 0.3 is 0 Å². The molecule has 0 aromatic heterocycles. The maximum Gasteiger partial charge on any atom is 0.259 e. The number of aromatic hydroxyl groups is 1. The lowest BCUT2D eigenvalue weighted by Crippen LogP contribution is -2.11. The number of carbonyl (C=O) groups is 1. The first kappa shape index (κ1) is 15.6. The lowest BCUT2D eigenvalue weighted by molar-refractivity contribution is 0.102. The van der Waals surface area contributed by atoms with E-state index in [2.05, 4.69) is 5.32 Å². The number of aryl methyl sites for hydroxylation is 1. The SMILES string of the molecule is Cc1ccc(Oc2ccc(NC(=O)c3ccccc3O)cc2)cc1. The molecule has 0 heterocycles. The predicted molar refractivity (Wildman–Crippen MR) is 93.8 cm³/mol. The van der Waals surface area contributed by atoms with Crippen LogP contribution in [0, 0.1) is 6.92 Å². The van der Waals surface area contributed by atoms with Crippen LogP contribution < -0.4 is 10.1 Å². The van der Waals surface area contributed by atoms with Gasteiger partial charge < -0.3 is 15.2 Å². The van der Waals surface area contributed by atoms with Crippen molar-refractivity contribution in [3.05, 3.63) is 83.9 Å². The van der Waals surface area contributed by atoms with Crippen molar-refractivity contribution in [3.8, 4) is 17.2 Å². The zero-order valence-electron chi connectivity index (χ0n) is 13.2. The number of amides is 1. The average Bonchev–Trinajstić information content (AvgIpc) is 2.59. The van der Waals surface area contributed by atoms with Gasteiger partial charge in [-0.25, -0.2) is 0 Å². The Labute approximate surface area is 140 Å². The Balaban J connectivity index is 1.67. The highest BCUT2D eigenvalue weighted by Gasteiger charge is 2.10. The maximum atomic E-state index is 12.1. The molecule has 0 saturated heterocycles. The molecule has 1 amide bonds. The summed E-state index contributed by atoms with van der Waals surface area (Å²) in [4.78, 5) is 12.1. The molecule has 0 radical (unpaired) electrons. The van der Waals surface area contributed by atoms with E-state index in [0.717, 1.165) is 5.75 Å². The number of nitrogens with one attached hydrogen (secondary N) is 1. The number of phenolic OH excluding ortho intramolecular Hbond substituents is 1. The molecule has 0 aliphatic heterocycles. The third-order valence-electron chi connectivity index (χ3n) is 3.52. The molecule has 0 saturated carbocycles. The molecular weight excluding hydrogens is 302 g/mol. The van der Waals surface area contributed by atoms with E-state index < -0.39 is 0 Å². The van der Waals surface area contributed by atoms with E-state index in [4.69, 9.17) is 4.74 Å². The Kier molecular flexibility index (Phi) is 4.47. The Hall–Kier alpha value is -3.27. The number of hydrogen-bond donors (Lipinski definition) is 2. The second kappa shape index (κ2) is 6.87. The van der Waals surface area contributed by atoms with Gasteiger partial charge in [0.2, 0.25) is 0 Å². The first-order valence-electron chi connectivity index (χ1n) is 7.56. The van der Waals surface area contributed by atoms with Gasteiger partial charge in [-0.1, -0.05) is 29.8 Å². The van der Waals surface area contributed by atoms with Gasteiger partial charge in [-0.15, -0.1) is 0 Å². The number of phenols is 1. The predicted octanol–water partition coefficient (Wildman–Crippen LogP) is 4.75. The molecule has 4 nitrogen and oxygen atoms in total. The van der Waals surface area contributed by atoms with Gasteiger partial charge in [-0.3, -0.25) is 4.79 Å². The average molecular weight is 319 g/mol. The standard InChI is InChI=1S/C20H17NO3/c1-14-6-10-16(11-7-14)24-17-12-8-15(9-13-17)21-20(23)18-4-2-3-5-19(18)22/h2-13,22H,1H3,(H,21,23). The van der Waals surface area contributed by atoms with Gasteiger partial charge in [0.15, 0.2) is 0 Å². The van der Waals surface area contributed by atoms with Crippen LogP contribution in [-0.4, -0.2) is 11.0 Å². The molecule has 2 N–H and O–H groups in total. The van der Waals surface area contributed by atoms with E-state index >= 15 is 0 Å². The first-order chi connectivity index (χ1) is 11.6. The molecule has 0 fully saturated rings. The molecular formula is C20H17NO3. The summed E-state index contributed by atoms with van der Waals surface area (Å²) in [5.41, 5.74) is 2.03. The highest BCUT2D eigenvalue weighted by atomic mass is 16.5. The fourth-order valence-corrected chi connectivity index (χ4v) is 2.21. The number of rotatable bonds is 4. The lowest BCUT2D eigenvalue weighted by Gasteiger charge is -2.09. The molecule has 0 spiro atoms. The van der Waals surface area contributed by atoms with Gasteiger partial charge in [0.1, 0.15) is 17.2 Å². The Morgan fingerprint density at radius 3 is 2.08 bits per heavy atom. The summed E-state index contributed by atoms with van der Waals surface area (Å²) in [5.74, 6) is 1.03. The molecule has 3 aromatic rings. The monoisotopic (exact) mass is 319 g/mol. The van der Waals surface area contributed by atoms with Crippen LogP contribution in [0.5, 0.6) is 17.2 Å². The van der Waals surface area contributed by atoms with Crippen molar-refractivity contribution >= 4 is 11.6 Å². The van der Waals surface area contributed by atoms with Crippen molar-refractivity contribution in [3.63, 3.8) is 0 Å².